The lowest BCUT2D eigenvalue weighted by molar-refractivity contribution is 1.14. The van der Waals surface area contributed by atoms with Gasteiger partial charge in [0.15, 0.2) is 0 Å². The molecule has 0 spiro atoms. The van der Waals surface area contributed by atoms with Gasteiger partial charge in [0.2, 0.25) is 0 Å². The lowest BCUT2D eigenvalue weighted by atomic mass is 10.1. The van der Waals surface area contributed by atoms with E-state index < -0.39 is 0 Å². The van der Waals surface area contributed by atoms with Gasteiger partial charge in [-0.2, -0.15) is 0 Å². The number of anilines is 1. The molecular weight excluding hydrogens is 202 g/mol. The molecule has 0 aliphatic carbocycles. The van der Waals surface area contributed by atoms with Crippen LogP contribution in [0.3, 0.4) is 0 Å². The first kappa shape index (κ1) is 10.4. The smallest absolute Gasteiger partial charge is 0.271 e. The first-order chi connectivity index (χ1) is 7.72. The molecule has 2 aromatic heterocycles. The summed E-state index contributed by atoms with van der Waals surface area (Å²) in [5.74, 6) is 0. The number of pyridine rings is 2. The van der Waals surface area contributed by atoms with Gasteiger partial charge < -0.3 is 10.3 Å². The number of rotatable bonds is 2. The monoisotopic (exact) mass is 215 g/mol. The van der Waals surface area contributed by atoms with Crippen LogP contribution in [0.15, 0.2) is 35.4 Å². The summed E-state index contributed by atoms with van der Waals surface area (Å²) in [7, 11) is 1.73. The molecule has 0 fully saturated rings. The van der Waals surface area contributed by atoms with E-state index in [0.29, 0.717) is 5.69 Å². The summed E-state index contributed by atoms with van der Waals surface area (Å²) in [6.45, 7) is 1.89. The van der Waals surface area contributed by atoms with Gasteiger partial charge in [0.25, 0.3) is 5.56 Å². The van der Waals surface area contributed by atoms with Crippen molar-refractivity contribution in [2.24, 2.45) is 0 Å². The number of aromatic amines is 1. The van der Waals surface area contributed by atoms with E-state index >= 15 is 0 Å². The minimum atomic E-state index is -0.0993. The maximum atomic E-state index is 11.5. The predicted molar refractivity (Wildman–Crippen MR) is 64.6 cm³/mol. The Morgan fingerprint density at radius 1 is 1.31 bits per heavy atom. The minimum Gasteiger partial charge on any atom is -0.384 e. The Labute approximate surface area is 93.4 Å². The fourth-order valence-electron chi connectivity index (χ4n) is 1.64. The molecule has 4 heteroatoms. The largest absolute Gasteiger partial charge is 0.384 e. The van der Waals surface area contributed by atoms with Crippen LogP contribution < -0.4 is 10.9 Å². The summed E-state index contributed by atoms with van der Waals surface area (Å²) in [4.78, 5) is 18.3. The van der Waals surface area contributed by atoms with E-state index in [9.17, 15) is 4.79 Å². The fraction of sp³-hybridized carbons (Fsp3) is 0.167. The molecule has 0 aliphatic rings. The molecule has 2 N–H and O–H groups in total. The quantitative estimate of drug-likeness (QED) is 0.803. The Morgan fingerprint density at radius 3 is 2.62 bits per heavy atom. The van der Waals surface area contributed by atoms with Gasteiger partial charge in [-0.3, -0.25) is 9.78 Å². The minimum absolute atomic E-state index is 0.0993. The number of aryl methyl sites for hydroxylation is 1. The molecule has 4 nitrogen and oxygen atoms in total. The number of nitrogens with zero attached hydrogens (tertiary/aromatic N) is 1. The van der Waals surface area contributed by atoms with Crippen molar-refractivity contribution in [1.29, 1.82) is 0 Å². The number of hydrogen-bond donors (Lipinski definition) is 2. The van der Waals surface area contributed by atoms with Crippen LogP contribution in [0.1, 0.15) is 5.69 Å². The van der Waals surface area contributed by atoms with E-state index in [-0.39, 0.29) is 5.56 Å². The lowest BCUT2D eigenvalue weighted by Crippen LogP contribution is -2.13. The highest BCUT2D eigenvalue weighted by molar-refractivity contribution is 5.69. The predicted octanol–water partition coefficient (Wildman–Crippen LogP) is 1.79. The van der Waals surface area contributed by atoms with Gasteiger partial charge in [0.05, 0.1) is 0 Å². The highest BCUT2D eigenvalue weighted by atomic mass is 16.1. The van der Waals surface area contributed by atoms with Gasteiger partial charge in [-0.25, -0.2) is 0 Å². The third-order valence-corrected chi connectivity index (χ3v) is 2.50. The Hall–Kier alpha value is -2.10. The van der Waals surface area contributed by atoms with Gasteiger partial charge in [-0.1, -0.05) is 0 Å². The van der Waals surface area contributed by atoms with Crippen LogP contribution in [-0.2, 0) is 0 Å². The van der Waals surface area contributed by atoms with E-state index in [4.69, 9.17) is 0 Å². The summed E-state index contributed by atoms with van der Waals surface area (Å²) in [6, 6.07) is 5.68. The summed E-state index contributed by atoms with van der Waals surface area (Å²) in [5, 5.41) is 2.87. The Kier molecular flexibility index (Phi) is 2.72. The average Bonchev–Trinajstić information content (AvgIpc) is 2.30. The van der Waals surface area contributed by atoms with Crippen molar-refractivity contribution in [3.8, 4) is 11.1 Å². The topological polar surface area (TPSA) is 57.8 Å². The molecule has 0 aromatic carbocycles. The molecule has 82 valence electrons. The van der Waals surface area contributed by atoms with Crippen LogP contribution in [0.25, 0.3) is 11.1 Å². The normalized spacial score (nSPS) is 10.1. The van der Waals surface area contributed by atoms with Crippen LogP contribution in [-0.4, -0.2) is 17.0 Å². The summed E-state index contributed by atoms with van der Waals surface area (Å²) >= 11 is 0. The second-order valence-corrected chi connectivity index (χ2v) is 3.54. The number of H-pyrrole nitrogens is 1. The maximum Gasteiger partial charge on any atom is 0.271 e. The summed E-state index contributed by atoms with van der Waals surface area (Å²) in [6.07, 6.45) is 3.47. The fourth-order valence-corrected chi connectivity index (χ4v) is 1.64. The van der Waals surface area contributed by atoms with Gasteiger partial charge in [0.1, 0.15) is 5.69 Å². The molecule has 0 unspecified atom stereocenters. The van der Waals surface area contributed by atoms with Crippen LogP contribution in [0.2, 0.25) is 0 Å². The van der Waals surface area contributed by atoms with Gasteiger partial charge in [-0.05, 0) is 30.7 Å². The van der Waals surface area contributed by atoms with Gasteiger partial charge >= 0.3 is 0 Å². The van der Waals surface area contributed by atoms with Crippen molar-refractivity contribution >= 4 is 5.69 Å². The molecule has 2 heterocycles. The Morgan fingerprint density at radius 2 is 2.00 bits per heavy atom. The number of aromatic nitrogens is 2. The third-order valence-electron chi connectivity index (χ3n) is 2.50. The van der Waals surface area contributed by atoms with E-state index in [0.717, 1.165) is 16.8 Å². The van der Waals surface area contributed by atoms with Gasteiger partial charge in [0, 0.05) is 30.7 Å². The zero-order chi connectivity index (χ0) is 11.5. The molecule has 0 amide bonds. The molecule has 2 aromatic rings. The van der Waals surface area contributed by atoms with E-state index in [1.165, 1.54) is 0 Å². The van der Waals surface area contributed by atoms with Crippen LogP contribution >= 0.6 is 0 Å². The summed E-state index contributed by atoms with van der Waals surface area (Å²) in [5.41, 5.74) is 3.37. The van der Waals surface area contributed by atoms with E-state index in [1.54, 1.807) is 19.4 Å². The molecule has 16 heavy (non-hydrogen) atoms. The molecule has 0 saturated heterocycles. The molecule has 0 saturated carbocycles. The SMILES string of the molecule is CNc1cc(-c2ccncc2)c(C)[nH]c1=O. The highest BCUT2D eigenvalue weighted by Crippen LogP contribution is 2.22. The van der Waals surface area contributed by atoms with Crippen LogP contribution in [0, 0.1) is 6.92 Å². The standard InChI is InChI=1S/C12H13N3O/c1-8-10(9-3-5-14-6-4-9)7-11(13-2)12(16)15-8/h3-7,13H,1-2H3,(H,15,16). The molecule has 0 aliphatic heterocycles. The highest BCUT2D eigenvalue weighted by Gasteiger charge is 2.06. The Bertz CT molecular complexity index is 546. The van der Waals surface area contributed by atoms with Crippen LogP contribution in [0.5, 0.6) is 0 Å². The second kappa shape index (κ2) is 4.18. The van der Waals surface area contributed by atoms with E-state index in [2.05, 4.69) is 15.3 Å². The third kappa shape index (κ3) is 1.82. The van der Waals surface area contributed by atoms with Crippen molar-refractivity contribution < 1.29 is 0 Å². The van der Waals surface area contributed by atoms with Crippen molar-refractivity contribution in [2.75, 3.05) is 12.4 Å². The van der Waals surface area contributed by atoms with Crippen LogP contribution in [0.4, 0.5) is 5.69 Å². The molecule has 2 rings (SSSR count). The number of nitrogens with one attached hydrogen (secondary N) is 2. The molecule has 0 radical (unpaired) electrons. The maximum absolute atomic E-state index is 11.5. The van der Waals surface area contributed by atoms with Gasteiger partial charge in [-0.15, -0.1) is 0 Å². The lowest BCUT2D eigenvalue weighted by Gasteiger charge is -2.08. The molecule has 0 bridgehead atoms. The average molecular weight is 215 g/mol. The zero-order valence-corrected chi connectivity index (χ0v) is 9.24. The first-order valence-electron chi connectivity index (χ1n) is 5.04. The second-order valence-electron chi connectivity index (χ2n) is 3.54. The van der Waals surface area contributed by atoms with Crippen molar-refractivity contribution in [3.63, 3.8) is 0 Å². The van der Waals surface area contributed by atoms with Crippen molar-refractivity contribution in [3.05, 3.63) is 46.6 Å². The molecular formula is C12H13N3O. The molecule has 0 atom stereocenters. The Balaban J connectivity index is 2.62. The number of hydrogen-bond acceptors (Lipinski definition) is 3. The zero-order valence-electron chi connectivity index (χ0n) is 9.24. The van der Waals surface area contributed by atoms with Crippen molar-refractivity contribution in [1.82, 2.24) is 9.97 Å². The summed E-state index contributed by atoms with van der Waals surface area (Å²) < 4.78 is 0. The van der Waals surface area contributed by atoms with E-state index in [1.807, 2.05) is 25.1 Å². The first-order valence-corrected chi connectivity index (χ1v) is 5.04. The van der Waals surface area contributed by atoms with Crippen molar-refractivity contribution in [2.45, 2.75) is 6.92 Å².